The summed E-state index contributed by atoms with van der Waals surface area (Å²) in [5.41, 5.74) is 8.09. The second kappa shape index (κ2) is 5.50. The highest BCUT2D eigenvalue weighted by atomic mass is 14.9. The molecule has 0 radical (unpaired) electrons. The minimum atomic E-state index is 0.474. The molecule has 1 fully saturated rings. The number of nitrogens with one attached hydrogen (secondary N) is 1. The molecule has 0 spiro atoms. The number of hydrogen-bond acceptors (Lipinski definition) is 3. The Morgan fingerprint density at radius 3 is 2.82 bits per heavy atom. The summed E-state index contributed by atoms with van der Waals surface area (Å²) in [4.78, 5) is 4.30. The van der Waals surface area contributed by atoms with Gasteiger partial charge in [0.1, 0.15) is 0 Å². The summed E-state index contributed by atoms with van der Waals surface area (Å²) in [7, 11) is 0. The maximum Gasteiger partial charge on any atom is 0.0770 e. The molecule has 3 N–H and O–H groups in total. The van der Waals surface area contributed by atoms with E-state index in [-0.39, 0.29) is 0 Å². The quantitative estimate of drug-likeness (QED) is 0.840. The molecule has 0 unspecified atom stereocenters. The number of hydrogen-bond donors (Lipinski definition) is 2. The highest BCUT2D eigenvalue weighted by Crippen LogP contribution is 2.34. The van der Waals surface area contributed by atoms with Gasteiger partial charge in [-0.05, 0) is 30.4 Å². The number of anilines is 1. The minimum Gasteiger partial charge on any atom is -0.397 e. The van der Waals surface area contributed by atoms with Crippen molar-refractivity contribution in [3.05, 3.63) is 24.0 Å². The smallest absolute Gasteiger partial charge is 0.0770 e. The first-order valence-corrected chi connectivity index (χ1v) is 6.60. The minimum absolute atomic E-state index is 0.474. The largest absolute Gasteiger partial charge is 0.397 e. The van der Waals surface area contributed by atoms with Gasteiger partial charge in [0.05, 0.1) is 11.4 Å². The topological polar surface area (TPSA) is 50.9 Å². The van der Waals surface area contributed by atoms with E-state index < -0.39 is 0 Å². The molecule has 3 heteroatoms. The Bertz CT molecular complexity index is 356. The monoisotopic (exact) mass is 233 g/mol. The van der Waals surface area contributed by atoms with Gasteiger partial charge in [-0.25, -0.2) is 0 Å². The predicted molar refractivity (Wildman–Crippen MR) is 71.5 cm³/mol. The molecule has 0 aromatic carbocycles. The van der Waals surface area contributed by atoms with Crippen LogP contribution in [0.25, 0.3) is 0 Å². The van der Waals surface area contributed by atoms with Crippen LogP contribution in [0.5, 0.6) is 0 Å². The molecular formula is C14H23N3. The third-order valence-corrected chi connectivity index (χ3v) is 3.83. The van der Waals surface area contributed by atoms with E-state index in [9.17, 15) is 0 Å². The van der Waals surface area contributed by atoms with Crippen LogP contribution >= 0.6 is 0 Å². The van der Waals surface area contributed by atoms with Crippen LogP contribution < -0.4 is 11.1 Å². The van der Waals surface area contributed by atoms with E-state index in [4.69, 9.17) is 5.73 Å². The number of nitrogen functional groups attached to an aromatic ring is 1. The lowest BCUT2D eigenvalue weighted by molar-refractivity contribution is 0.207. The summed E-state index contributed by atoms with van der Waals surface area (Å²) >= 11 is 0. The molecule has 0 aliphatic heterocycles. The summed E-state index contributed by atoms with van der Waals surface area (Å²) in [6, 6.07) is 3.79. The summed E-state index contributed by atoms with van der Waals surface area (Å²) in [5, 5.41) is 3.51. The average molecular weight is 233 g/mol. The highest BCUT2D eigenvalue weighted by Gasteiger charge is 2.26. The number of aromatic nitrogens is 1. The van der Waals surface area contributed by atoms with Crippen LogP contribution in [-0.2, 0) is 6.54 Å². The van der Waals surface area contributed by atoms with E-state index in [1.807, 2.05) is 12.1 Å². The van der Waals surface area contributed by atoms with Crippen molar-refractivity contribution in [2.24, 2.45) is 5.41 Å². The van der Waals surface area contributed by atoms with Crippen LogP contribution in [0.1, 0.15) is 44.7 Å². The molecule has 94 valence electrons. The van der Waals surface area contributed by atoms with Crippen LogP contribution in [0.2, 0.25) is 0 Å². The van der Waals surface area contributed by atoms with Crippen molar-refractivity contribution in [1.29, 1.82) is 0 Å². The van der Waals surface area contributed by atoms with Crippen LogP contribution in [0.4, 0.5) is 5.69 Å². The van der Waals surface area contributed by atoms with Gasteiger partial charge in [0, 0.05) is 19.3 Å². The molecule has 1 aliphatic rings. The Morgan fingerprint density at radius 2 is 2.12 bits per heavy atom. The van der Waals surface area contributed by atoms with Gasteiger partial charge >= 0.3 is 0 Å². The molecule has 0 bridgehead atoms. The Kier molecular flexibility index (Phi) is 4.00. The van der Waals surface area contributed by atoms with Crippen LogP contribution in [0.15, 0.2) is 18.3 Å². The average Bonchev–Trinajstić information content (AvgIpc) is 2.32. The molecule has 0 amide bonds. The van der Waals surface area contributed by atoms with E-state index in [0.717, 1.165) is 24.5 Å². The van der Waals surface area contributed by atoms with E-state index in [0.29, 0.717) is 5.41 Å². The third kappa shape index (κ3) is 3.43. The first-order chi connectivity index (χ1) is 8.20. The predicted octanol–water partition coefficient (Wildman–Crippen LogP) is 2.72. The molecule has 1 aromatic heterocycles. The Morgan fingerprint density at radius 1 is 1.35 bits per heavy atom. The molecule has 0 saturated heterocycles. The lowest BCUT2D eigenvalue weighted by atomic mass is 9.76. The van der Waals surface area contributed by atoms with Gasteiger partial charge in [-0.1, -0.05) is 26.2 Å². The molecule has 1 heterocycles. The van der Waals surface area contributed by atoms with Crippen LogP contribution in [0.3, 0.4) is 0 Å². The van der Waals surface area contributed by atoms with Crippen molar-refractivity contribution >= 4 is 5.69 Å². The fourth-order valence-corrected chi connectivity index (χ4v) is 2.66. The Labute approximate surface area is 104 Å². The molecule has 1 aliphatic carbocycles. The Hall–Kier alpha value is -1.09. The van der Waals surface area contributed by atoms with Gasteiger partial charge in [-0.3, -0.25) is 4.98 Å². The normalized spacial score (nSPS) is 19.1. The summed E-state index contributed by atoms with van der Waals surface area (Å²) in [6.07, 6.45) is 8.65. The second-order valence-electron chi connectivity index (χ2n) is 5.51. The fourth-order valence-electron chi connectivity index (χ4n) is 2.66. The number of rotatable bonds is 4. The van der Waals surface area contributed by atoms with Gasteiger partial charge in [0.25, 0.3) is 0 Å². The zero-order valence-corrected chi connectivity index (χ0v) is 10.7. The van der Waals surface area contributed by atoms with Gasteiger partial charge in [-0.2, -0.15) is 0 Å². The van der Waals surface area contributed by atoms with Crippen molar-refractivity contribution in [2.45, 2.75) is 45.6 Å². The number of nitrogens with zero attached hydrogens (tertiary/aromatic N) is 1. The first-order valence-electron chi connectivity index (χ1n) is 6.60. The van der Waals surface area contributed by atoms with E-state index in [2.05, 4.69) is 17.2 Å². The van der Waals surface area contributed by atoms with E-state index in [1.165, 1.54) is 32.1 Å². The van der Waals surface area contributed by atoms with Gasteiger partial charge in [0.2, 0.25) is 0 Å². The first kappa shape index (κ1) is 12.4. The molecule has 3 nitrogen and oxygen atoms in total. The van der Waals surface area contributed by atoms with Crippen molar-refractivity contribution in [3.63, 3.8) is 0 Å². The van der Waals surface area contributed by atoms with E-state index in [1.54, 1.807) is 6.20 Å². The summed E-state index contributed by atoms with van der Waals surface area (Å²) < 4.78 is 0. The number of nitrogens with two attached hydrogens (primary N) is 1. The van der Waals surface area contributed by atoms with Crippen molar-refractivity contribution < 1.29 is 0 Å². The van der Waals surface area contributed by atoms with Crippen molar-refractivity contribution in [1.82, 2.24) is 10.3 Å². The second-order valence-corrected chi connectivity index (χ2v) is 5.51. The fraction of sp³-hybridized carbons (Fsp3) is 0.643. The zero-order valence-electron chi connectivity index (χ0n) is 10.7. The maximum atomic E-state index is 5.87. The molecule has 17 heavy (non-hydrogen) atoms. The van der Waals surface area contributed by atoms with Crippen molar-refractivity contribution in [2.75, 3.05) is 12.3 Å². The Balaban J connectivity index is 1.81. The lowest BCUT2D eigenvalue weighted by Crippen LogP contribution is -2.33. The summed E-state index contributed by atoms with van der Waals surface area (Å²) in [6.45, 7) is 4.24. The van der Waals surface area contributed by atoms with Crippen LogP contribution in [0, 0.1) is 5.41 Å². The molecule has 1 saturated carbocycles. The lowest BCUT2D eigenvalue weighted by Gasteiger charge is -2.33. The summed E-state index contributed by atoms with van der Waals surface area (Å²) in [5.74, 6) is 0. The van der Waals surface area contributed by atoms with Gasteiger partial charge < -0.3 is 11.1 Å². The standard InChI is InChI=1S/C14H23N3/c1-14(7-3-2-4-8-14)11-16-10-13-12(15)6-5-9-17-13/h5-6,9,16H,2-4,7-8,10-11,15H2,1H3. The third-order valence-electron chi connectivity index (χ3n) is 3.83. The number of pyridine rings is 1. The zero-order chi connectivity index (χ0) is 12.1. The maximum absolute atomic E-state index is 5.87. The molecular weight excluding hydrogens is 210 g/mol. The highest BCUT2D eigenvalue weighted by molar-refractivity contribution is 5.41. The van der Waals surface area contributed by atoms with Crippen LogP contribution in [-0.4, -0.2) is 11.5 Å². The van der Waals surface area contributed by atoms with Gasteiger partial charge in [0.15, 0.2) is 0 Å². The molecule has 2 rings (SSSR count). The molecule has 0 atom stereocenters. The van der Waals surface area contributed by atoms with E-state index >= 15 is 0 Å². The van der Waals surface area contributed by atoms with Gasteiger partial charge in [-0.15, -0.1) is 0 Å². The molecule has 1 aromatic rings. The SMILES string of the molecule is CC1(CNCc2ncccc2N)CCCCC1. The van der Waals surface area contributed by atoms with Crippen molar-refractivity contribution in [3.8, 4) is 0 Å².